The highest BCUT2D eigenvalue weighted by Crippen LogP contribution is 2.25. The molecule has 0 aliphatic carbocycles. The first kappa shape index (κ1) is 20.7. The Kier molecular flexibility index (Phi) is 6.04. The Morgan fingerprint density at radius 3 is 2.45 bits per heavy atom. The van der Waals surface area contributed by atoms with Gasteiger partial charge in [-0.25, -0.2) is 9.07 Å². The van der Waals surface area contributed by atoms with Crippen LogP contribution in [0, 0.1) is 5.82 Å². The first-order valence-corrected chi connectivity index (χ1v) is 10.1. The highest BCUT2D eigenvalue weighted by atomic mass is 35.5. The average Bonchev–Trinajstić information content (AvgIpc) is 3.25. The third kappa shape index (κ3) is 4.46. The van der Waals surface area contributed by atoms with E-state index in [9.17, 15) is 9.18 Å². The number of rotatable bonds is 6. The van der Waals surface area contributed by atoms with Gasteiger partial charge in [0.25, 0.3) is 5.91 Å². The molecule has 156 valence electrons. The predicted octanol–water partition coefficient (Wildman–Crippen LogP) is 4.61. The minimum Gasteiger partial charge on any atom is -0.346 e. The van der Waals surface area contributed by atoms with E-state index >= 15 is 0 Å². The van der Waals surface area contributed by atoms with Crippen LogP contribution in [0.3, 0.4) is 0 Å². The van der Waals surface area contributed by atoms with Gasteiger partial charge in [0.15, 0.2) is 5.69 Å². The van der Waals surface area contributed by atoms with E-state index in [-0.39, 0.29) is 17.3 Å². The second-order valence-corrected chi connectivity index (χ2v) is 7.29. The van der Waals surface area contributed by atoms with Crippen LogP contribution in [0.4, 0.5) is 4.39 Å². The van der Waals surface area contributed by atoms with Crippen LogP contribution in [0.5, 0.6) is 0 Å². The molecule has 0 bridgehead atoms. The molecule has 0 saturated carbocycles. The van der Waals surface area contributed by atoms with Crippen molar-refractivity contribution in [3.8, 4) is 16.9 Å². The Bertz CT molecular complexity index is 1210. The molecule has 0 unspecified atom stereocenters. The summed E-state index contributed by atoms with van der Waals surface area (Å²) in [4.78, 5) is 17.0. The van der Waals surface area contributed by atoms with Crippen LogP contribution < -0.4 is 5.32 Å². The van der Waals surface area contributed by atoms with Crippen LogP contribution >= 0.6 is 11.6 Å². The first-order valence-electron chi connectivity index (χ1n) is 9.74. The Morgan fingerprint density at radius 2 is 1.77 bits per heavy atom. The first-order chi connectivity index (χ1) is 15.1. The van der Waals surface area contributed by atoms with Crippen LogP contribution in [-0.2, 0) is 13.0 Å². The lowest BCUT2D eigenvalue weighted by Gasteiger charge is -2.10. The van der Waals surface area contributed by atoms with Crippen molar-refractivity contribution in [2.24, 2.45) is 0 Å². The molecule has 4 aromatic rings. The molecule has 8 heteroatoms. The summed E-state index contributed by atoms with van der Waals surface area (Å²) in [6, 6.07) is 15.8. The minimum atomic E-state index is -0.506. The van der Waals surface area contributed by atoms with Gasteiger partial charge in [-0.05, 0) is 53.9 Å². The molecule has 0 aliphatic rings. The van der Waals surface area contributed by atoms with Crippen molar-refractivity contribution in [3.05, 3.63) is 94.7 Å². The second-order valence-electron chi connectivity index (χ2n) is 6.89. The van der Waals surface area contributed by atoms with Crippen LogP contribution in [0.1, 0.15) is 28.5 Å². The van der Waals surface area contributed by atoms with E-state index in [1.54, 1.807) is 35.3 Å². The van der Waals surface area contributed by atoms with E-state index in [2.05, 4.69) is 27.5 Å². The van der Waals surface area contributed by atoms with E-state index in [1.165, 1.54) is 17.7 Å². The van der Waals surface area contributed by atoms with Gasteiger partial charge in [-0.3, -0.25) is 9.78 Å². The fourth-order valence-electron chi connectivity index (χ4n) is 3.17. The Morgan fingerprint density at radius 1 is 1.06 bits per heavy atom. The Hall–Kier alpha value is -3.58. The summed E-state index contributed by atoms with van der Waals surface area (Å²) in [5, 5.41) is 11.2. The molecule has 2 heterocycles. The molecule has 0 spiro atoms. The molecule has 0 saturated heterocycles. The third-order valence-electron chi connectivity index (χ3n) is 4.87. The number of nitrogens with zero attached hydrogens (tertiary/aromatic N) is 4. The highest BCUT2D eigenvalue weighted by Gasteiger charge is 2.22. The molecular formula is C23H19ClFN5O. The quantitative estimate of drug-likeness (QED) is 0.480. The summed E-state index contributed by atoms with van der Waals surface area (Å²) in [7, 11) is 0. The summed E-state index contributed by atoms with van der Waals surface area (Å²) >= 11 is 5.82. The summed E-state index contributed by atoms with van der Waals surface area (Å²) in [5.74, 6) is -0.905. The van der Waals surface area contributed by atoms with Gasteiger partial charge in [0.2, 0.25) is 0 Å². The van der Waals surface area contributed by atoms with Gasteiger partial charge in [0.05, 0.1) is 10.7 Å². The van der Waals surface area contributed by atoms with Crippen molar-refractivity contribution in [2.45, 2.75) is 19.9 Å². The summed E-state index contributed by atoms with van der Waals surface area (Å²) in [6.07, 6.45) is 4.22. The Labute approximate surface area is 183 Å². The summed E-state index contributed by atoms with van der Waals surface area (Å²) in [5.41, 5.74) is 4.16. The van der Waals surface area contributed by atoms with Crippen LogP contribution in [-0.4, -0.2) is 25.9 Å². The Balaban J connectivity index is 1.67. The number of aromatic nitrogens is 4. The zero-order valence-corrected chi connectivity index (χ0v) is 17.5. The number of pyridine rings is 1. The maximum Gasteiger partial charge on any atom is 0.274 e. The number of nitrogens with one attached hydrogen (secondary N) is 1. The van der Waals surface area contributed by atoms with Gasteiger partial charge in [0.1, 0.15) is 11.5 Å². The SMILES string of the molecule is CCc1ccc(-n2nnc(C(=O)NCc3ccc(F)c(Cl)c3)c2-c2ccncc2)cc1. The lowest BCUT2D eigenvalue weighted by molar-refractivity contribution is 0.0946. The van der Waals surface area contributed by atoms with Crippen molar-refractivity contribution in [3.63, 3.8) is 0 Å². The monoisotopic (exact) mass is 435 g/mol. The van der Waals surface area contributed by atoms with Crippen molar-refractivity contribution in [2.75, 3.05) is 0 Å². The number of carbonyl (C=O) groups excluding carboxylic acids is 1. The number of carbonyl (C=O) groups is 1. The molecule has 31 heavy (non-hydrogen) atoms. The number of amides is 1. The topological polar surface area (TPSA) is 72.7 Å². The van der Waals surface area contributed by atoms with E-state index in [4.69, 9.17) is 11.6 Å². The normalized spacial score (nSPS) is 10.8. The van der Waals surface area contributed by atoms with Crippen LogP contribution in [0.25, 0.3) is 16.9 Å². The van der Waals surface area contributed by atoms with E-state index in [0.29, 0.717) is 11.3 Å². The molecule has 2 aromatic carbocycles. The number of hydrogen-bond acceptors (Lipinski definition) is 4. The molecule has 1 N–H and O–H groups in total. The van der Waals surface area contributed by atoms with Gasteiger partial charge in [0, 0.05) is 24.5 Å². The molecule has 1 amide bonds. The highest BCUT2D eigenvalue weighted by molar-refractivity contribution is 6.30. The van der Waals surface area contributed by atoms with Crippen LogP contribution in [0.2, 0.25) is 5.02 Å². The maximum atomic E-state index is 13.4. The molecular weight excluding hydrogens is 417 g/mol. The van der Waals surface area contributed by atoms with Gasteiger partial charge < -0.3 is 5.32 Å². The fraction of sp³-hybridized carbons (Fsp3) is 0.130. The van der Waals surface area contributed by atoms with Gasteiger partial charge in [-0.1, -0.05) is 41.9 Å². The van der Waals surface area contributed by atoms with Gasteiger partial charge in [-0.15, -0.1) is 5.10 Å². The summed E-state index contributed by atoms with van der Waals surface area (Å²) < 4.78 is 15.0. The fourth-order valence-corrected chi connectivity index (χ4v) is 3.38. The van der Waals surface area contributed by atoms with E-state index in [1.807, 2.05) is 24.3 Å². The average molecular weight is 436 g/mol. The number of benzene rings is 2. The van der Waals surface area contributed by atoms with Gasteiger partial charge >= 0.3 is 0 Å². The molecule has 0 fully saturated rings. The molecule has 0 atom stereocenters. The number of halogens is 2. The van der Waals surface area contributed by atoms with Crippen molar-refractivity contribution in [1.82, 2.24) is 25.3 Å². The second kappa shape index (κ2) is 9.06. The van der Waals surface area contributed by atoms with Crippen LogP contribution in [0.15, 0.2) is 67.0 Å². The van der Waals surface area contributed by atoms with E-state index < -0.39 is 11.7 Å². The smallest absolute Gasteiger partial charge is 0.274 e. The van der Waals surface area contributed by atoms with E-state index in [0.717, 1.165) is 17.7 Å². The largest absolute Gasteiger partial charge is 0.346 e. The molecule has 0 radical (unpaired) electrons. The zero-order valence-electron chi connectivity index (χ0n) is 16.7. The molecule has 4 rings (SSSR count). The predicted molar refractivity (Wildman–Crippen MR) is 117 cm³/mol. The molecule has 2 aromatic heterocycles. The molecule has 0 aliphatic heterocycles. The number of aryl methyl sites for hydroxylation is 1. The summed E-state index contributed by atoms with van der Waals surface area (Å²) in [6.45, 7) is 2.26. The van der Waals surface area contributed by atoms with Crippen molar-refractivity contribution < 1.29 is 9.18 Å². The lowest BCUT2D eigenvalue weighted by atomic mass is 10.1. The lowest BCUT2D eigenvalue weighted by Crippen LogP contribution is -2.24. The number of hydrogen-bond donors (Lipinski definition) is 1. The minimum absolute atomic E-state index is 0.00527. The van der Waals surface area contributed by atoms with Crippen molar-refractivity contribution >= 4 is 17.5 Å². The maximum absolute atomic E-state index is 13.4. The molecule has 6 nitrogen and oxygen atoms in total. The van der Waals surface area contributed by atoms with Gasteiger partial charge in [-0.2, -0.15) is 0 Å². The standard InChI is InChI=1S/C23H19ClFN5O/c1-2-15-3-6-18(7-4-15)30-22(17-9-11-26-12-10-17)21(28-29-30)23(31)27-14-16-5-8-20(25)19(24)13-16/h3-13H,2,14H2,1H3,(H,27,31). The zero-order chi connectivity index (χ0) is 21.8. The third-order valence-corrected chi connectivity index (χ3v) is 5.15. The van der Waals surface area contributed by atoms with Crippen molar-refractivity contribution in [1.29, 1.82) is 0 Å².